The number of carbonyl (C=O) groups is 1. The van der Waals surface area contributed by atoms with E-state index in [1.807, 2.05) is 30.3 Å². The Bertz CT molecular complexity index is 819. The first-order valence-electron chi connectivity index (χ1n) is 8.18. The van der Waals surface area contributed by atoms with Crippen LogP contribution in [0.4, 0.5) is 0 Å². The molecule has 2 aromatic rings. The number of carboxylic acids is 1. The van der Waals surface area contributed by atoms with Gasteiger partial charge >= 0.3 is 5.97 Å². The Morgan fingerprint density at radius 3 is 2.27 bits per heavy atom. The molecule has 1 N–H and O–H groups in total. The molecule has 0 aromatic heterocycles. The molecule has 0 fully saturated rings. The number of aliphatic carboxylic acids is 1. The fourth-order valence-electron chi connectivity index (χ4n) is 2.54. The second-order valence-corrected chi connectivity index (χ2v) is 8.20. The Morgan fingerprint density at radius 2 is 1.73 bits per heavy atom. The van der Waals surface area contributed by atoms with Crippen molar-refractivity contribution < 1.29 is 23.1 Å². The van der Waals surface area contributed by atoms with Crippen LogP contribution in [0.15, 0.2) is 59.5 Å². The molecular formula is C19H23NO5S. The zero-order valence-corrected chi connectivity index (χ0v) is 15.6. The molecule has 0 radical (unpaired) electrons. The molecule has 0 saturated carbocycles. The van der Waals surface area contributed by atoms with Gasteiger partial charge in [0.05, 0.1) is 11.4 Å². The molecule has 140 valence electrons. The van der Waals surface area contributed by atoms with Gasteiger partial charge in [0.25, 0.3) is 0 Å². The van der Waals surface area contributed by atoms with Crippen LogP contribution in [0.5, 0.6) is 5.75 Å². The van der Waals surface area contributed by atoms with Crippen LogP contribution < -0.4 is 4.74 Å². The Hall–Kier alpha value is -2.38. The first-order chi connectivity index (χ1) is 12.3. The maximum atomic E-state index is 11.6. The lowest BCUT2D eigenvalue weighted by atomic mass is 10.1. The van der Waals surface area contributed by atoms with Gasteiger partial charge in [-0.1, -0.05) is 30.3 Å². The zero-order valence-electron chi connectivity index (χ0n) is 14.8. The first kappa shape index (κ1) is 19.9. The van der Waals surface area contributed by atoms with Crippen LogP contribution in [0.3, 0.4) is 0 Å². The number of likely N-dealkylation sites (N-methyl/N-ethyl adjacent to an activating group) is 1. The van der Waals surface area contributed by atoms with E-state index in [0.717, 1.165) is 11.8 Å². The lowest BCUT2D eigenvalue weighted by molar-refractivity contribution is -0.138. The van der Waals surface area contributed by atoms with Crippen LogP contribution >= 0.6 is 0 Å². The standard InChI is InChI=1S/C19H23NO5S/c1-20(14-19(21)22)13-12-18(15-6-4-3-5-7-15)25-16-8-10-17(11-9-16)26(2,23)24/h3-11,18H,12-14H2,1-2H3,(H,21,22). The van der Waals surface area contributed by atoms with E-state index in [2.05, 4.69) is 0 Å². The normalized spacial score (nSPS) is 12.7. The number of hydrogen-bond acceptors (Lipinski definition) is 5. The molecule has 1 atom stereocenters. The van der Waals surface area contributed by atoms with Crippen molar-refractivity contribution in [1.82, 2.24) is 4.90 Å². The van der Waals surface area contributed by atoms with Crippen LogP contribution in [0, 0.1) is 0 Å². The summed E-state index contributed by atoms with van der Waals surface area (Å²) in [6, 6.07) is 15.9. The lowest BCUT2D eigenvalue weighted by Gasteiger charge is -2.22. The topological polar surface area (TPSA) is 83.9 Å². The molecule has 0 aliphatic carbocycles. The van der Waals surface area contributed by atoms with Crippen molar-refractivity contribution in [3.05, 3.63) is 60.2 Å². The SMILES string of the molecule is CN(CCC(Oc1ccc(S(C)(=O)=O)cc1)c1ccccc1)CC(=O)O. The minimum atomic E-state index is -3.25. The zero-order chi connectivity index (χ0) is 19.2. The number of sulfone groups is 1. The minimum absolute atomic E-state index is 0.0371. The van der Waals surface area contributed by atoms with E-state index < -0.39 is 15.8 Å². The molecule has 0 amide bonds. The van der Waals surface area contributed by atoms with E-state index in [9.17, 15) is 13.2 Å². The number of carboxylic acid groups (broad SMARTS) is 1. The Balaban J connectivity index is 2.12. The van der Waals surface area contributed by atoms with Gasteiger partial charge in [-0.05, 0) is 36.9 Å². The molecule has 1 unspecified atom stereocenters. The van der Waals surface area contributed by atoms with Gasteiger partial charge in [-0.25, -0.2) is 8.42 Å². The smallest absolute Gasteiger partial charge is 0.317 e. The van der Waals surface area contributed by atoms with Crippen molar-refractivity contribution in [2.45, 2.75) is 17.4 Å². The van der Waals surface area contributed by atoms with E-state index in [4.69, 9.17) is 9.84 Å². The fraction of sp³-hybridized carbons (Fsp3) is 0.316. The van der Waals surface area contributed by atoms with Crippen molar-refractivity contribution in [1.29, 1.82) is 0 Å². The molecule has 2 rings (SSSR count). The van der Waals surface area contributed by atoms with Crippen molar-refractivity contribution in [3.63, 3.8) is 0 Å². The number of rotatable bonds is 9. The summed E-state index contributed by atoms with van der Waals surface area (Å²) in [6.07, 6.45) is 1.49. The number of hydrogen-bond donors (Lipinski definition) is 1. The second kappa shape index (κ2) is 8.82. The molecule has 0 heterocycles. The number of nitrogens with zero attached hydrogens (tertiary/aromatic N) is 1. The van der Waals surface area contributed by atoms with Gasteiger partial charge < -0.3 is 9.84 Å². The van der Waals surface area contributed by atoms with Crippen LogP contribution in [-0.4, -0.2) is 50.8 Å². The third-order valence-corrected chi connectivity index (χ3v) is 5.01. The highest BCUT2D eigenvalue weighted by Crippen LogP contribution is 2.26. The van der Waals surface area contributed by atoms with Crippen molar-refractivity contribution in [3.8, 4) is 5.75 Å². The Kier molecular flexibility index (Phi) is 6.76. The maximum Gasteiger partial charge on any atom is 0.317 e. The quantitative estimate of drug-likeness (QED) is 0.723. The summed E-state index contributed by atoms with van der Waals surface area (Å²) in [6.45, 7) is 0.512. The van der Waals surface area contributed by atoms with E-state index >= 15 is 0 Å². The highest BCUT2D eigenvalue weighted by Gasteiger charge is 2.16. The van der Waals surface area contributed by atoms with Crippen LogP contribution in [0.25, 0.3) is 0 Å². The summed E-state index contributed by atoms with van der Waals surface area (Å²) in [7, 11) is -1.50. The number of benzene rings is 2. The molecule has 0 bridgehead atoms. The molecular weight excluding hydrogens is 354 g/mol. The van der Waals surface area contributed by atoms with E-state index in [1.54, 1.807) is 24.1 Å². The summed E-state index contributed by atoms with van der Waals surface area (Å²) >= 11 is 0. The molecule has 26 heavy (non-hydrogen) atoms. The largest absolute Gasteiger partial charge is 0.486 e. The van der Waals surface area contributed by atoms with Crippen molar-refractivity contribution in [2.24, 2.45) is 0 Å². The third-order valence-electron chi connectivity index (χ3n) is 3.88. The van der Waals surface area contributed by atoms with E-state index in [-0.39, 0.29) is 17.5 Å². The summed E-state index contributed by atoms with van der Waals surface area (Å²) in [5.41, 5.74) is 0.975. The van der Waals surface area contributed by atoms with Gasteiger partial charge in [0, 0.05) is 19.2 Å². The summed E-state index contributed by atoms with van der Waals surface area (Å²) in [5, 5.41) is 8.87. The molecule has 0 aliphatic rings. The van der Waals surface area contributed by atoms with Crippen LogP contribution in [0.2, 0.25) is 0 Å². The molecule has 7 heteroatoms. The molecule has 0 aliphatic heterocycles. The van der Waals surface area contributed by atoms with Gasteiger partial charge in [0.15, 0.2) is 9.84 Å². The second-order valence-electron chi connectivity index (χ2n) is 6.18. The van der Waals surface area contributed by atoms with Crippen molar-refractivity contribution >= 4 is 15.8 Å². The van der Waals surface area contributed by atoms with Gasteiger partial charge in [-0.15, -0.1) is 0 Å². The lowest BCUT2D eigenvalue weighted by Crippen LogP contribution is -2.28. The predicted octanol–water partition coefficient (Wildman–Crippen LogP) is 2.62. The summed E-state index contributed by atoms with van der Waals surface area (Å²) in [4.78, 5) is 12.8. The molecule has 0 spiro atoms. The third kappa shape index (κ3) is 6.16. The fourth-order valence-corrected chi connectivity index (χ4v) is 3.17. The summed E-state index contributed by atoms with van der Waals surface area (Å²) in [5.74, 6) is -0.312. The highest BCUT2D eigenvalue weighted by molar-refractivity contribution is 7.90. The molecule has 2 aromatic carbocycles. The molecule has 0 saturated heterocycles. The van der Waals surface area contributed by atoms with E-state index in [0.29, 0.717) is 18.7 Å². The van der Waals surface area contributed by atoms with Gasteiger partial charge in [-0.3, -0.25) is 9.69 Å². The molecule has 6 nitrogen and oxygen atoms in total. The van der Waals surface area contributed by atoms with Crippen LogP contribution in [0.1, 0.15) is 18.1 Å². The highest BCUT2D eigenvalue weighted by atomic mass is 32.2. The van der Waals surface area contributed by atoms with Gasteiger partial charge in [-0.2, -0.15) is 0 Å². The van der Waals surface area contributed by atoms with Crippen molar-refractivity contribution in [2.75, 3.05) is 26.4 Å². The van der Waals surface area contributed by atoms with Gasteiger partial charge in [0.2, 0.25) is 0 Å². The van der Waals surface area contributed by atoms with Crippen LogP contribution in [-0.2, 0) is 14.6 Å². The first-order valence-corrected chi connectivity index (χ1v) is 10.1. The average Bonchev–Trinajstić information content (AvgIpc) is 2.58. The Labute approximate surface area is 153 Å². The minimum Gasteiger partial charge on any atom is -0.486 e. The summed E-state index contributed by atoms with van der Waals surface area (Å²) < 4.78 is 29.2. The average molecular weight is 377 g/mol. The maximum absolute atomic E-state index is 11.6. The Morgan fingerprint density at radius 1 is 1.12 bits per heavy atom. The monoisotopic (exact) mass is 377 g/mol. The van der Waals surface area contributed by atoms with Gasteiger partial charge in [0.1, 0.15) is 11.9 Å². The number of ether oxygens (including phenoxy) is 1. The predicted molar refractivity (Wildman–Crippen MR) is 99.1 cm³/mol. The van der Waals surface area contributed by atoms with E-state index in [1.165, 1.54) is 12.1 Å².